The number of rotatable bonds is 6. The van der Waals surface area contributed by atoms with Crippen molar-refractivity contribution in [1.29, 1.82) is 0 Å². The molecule has 0 spiro atoms. The van der Waals surface area contributed by atoms with Crippen molar-refractivity contribution in [1.82, 2.24) is 15.1 Å². The summed E-state index contributed by atoms with van der Waals surface area (Å²) in [6, 6.07) is 6.82. The van der Waals surface area contributed by atoms with Crippen LogP contribution < -0.4 is 16.0 Å². The first-order chi connectivity index (χ1) is 11.4. The molecule has 0 saturated carbocycles. The highest BCUT2D eigenvalue weighted by atomic mass is 16.2. The van der Waals surface area contributed by atoms with E-state index in [0.29, 0.717) is 24.3 Å². The van der Waals surface area contributed by atoms with Gasteiger partial charge in [-0.1, -0.05) is 12.1 Å². The van der Waals surface area contributed by atoms with Gasteiger partial charge < -0.3 is 16.0 Å². The summed E-state index contributed by atoms with van der Waals surface area (Å²) in [6.45, 7) is 6.21. The Morgan fingerprint density at radius 3 is 2.42 bits per heavy atom. The fourth-order valence-electron chi connectivity index (χ4n) is 2.14. The van der Waals surface area contributed by atoms with Crippen LogP contribution in [0.4, 0.5) is 16.2 Å². The van der Waals surface area contributed by atoms with E-state index in [1.165, 1.54) is 0 Å². The van der Waals surface area contributed by atoms with Crippen molar-refractivity contribution in [2.45, 2.75) is 39.8 Å². The van der Waals surface area contributed by atoms with E-state index in [0.717, 1.165) is 5.56 Å². The van der Waals surface area contributed by atoms with Gasteiger partial charge in [0.2, 0.25) is 5.91 Å². The molecule has 24 heavy (non-hydrogen) atoms. The minimum Gasteiger partial charge on any atom is -0.336 e. The van der Waals surface area contributed by atoms with Gasteiger partial charge in [0.1, 0.15) is 0 Å². The molecule has 0 aliphatic heterocycles. The van der Waals surface area contributed by atoms with Crippen molar-refractivity contribution in [3.8, 4) is 0 Å². The van der Waals surface area contributed by atoms with Crippen LogP contribution in [0.5, 0.6) is 0 Å². The number of amides is 3. The lowest BCUT2D eigenvalue weighted by atomic mass is 10.2. The van der Waals surface area contributed by atoms with Gasteiger partial charge in [-0.15, -0.1) is 0 Å². The summed E-state index contributed by atoms with van der Waals surface area (Å²) in [5.41, 5.74) is 2.18. The Labute approximate surface area is 141 Å². The van der Waals surface area contributed by atoms with Gasteiger partial charge in [0.15, 0.2) is 0 Å². The SMILES string of the molecule is Cc1cnn(CCC(=O)Nc2ccccc2NC(=O)NC(C)C)c1. The van der Waals surface area contributed by atoms with E-state index in [1.54, 1.807) is 35.1 Å². The average Bonchev–Trinajstić information content (AvgIpc) is 2.92. The molecule has 128 valence electrons. The molecule has 2 rings (SSSR count). The summed E-state index contributed by atoms with van der Waals surface area (Å²) in [7, 11) is 0. The maximum atomic E-state index is 12.1. The molecule has 0 saturated heterocycles. The number of carbonyl (C=O) groups is 2. The Bertz CT molecular complexity index is 709. The molecule has 0 aliphatic rings. The second-order valence-corrected chi connectivity index (χ2v) is 5.88. The van der Waals surface area contributed by atoms with Gasteiger partial charge in [0.05, 0.1) is 17.6 Å². The van der Waals surface area contributed by atoms with Crippen LogP contribution in [-0.2, 0) is 11.3 Å². The number of aryl methyl sites for hydroxylation is 2. The first-order valence-corrected chi connectivity index (χ1v) is 7.89. The van der Waals surface area contributed by atoms with Crippen LogP contribution in [0, 0.1) is 6.92 Å². The van der Waals surface area contributed by atoms with Crippen LogP contribution in [0.3, 0.4) is 0 Å². The van der Waals surface area contributed by atoms with Gasteiger partial charge >= 0.3 is 6.03 Å². The standard InChI is InChI=1S/C17H23N5O2/c1-12(2)19-17(24)21-15-7-5-4-6-14(15)20-16(23)8-9-22-11-13(3)10-18-22/h4-7,10-12H,8-9H2,1-3H3,(H,20,23)(H2,19,21,24). The molecular formula is C17H23N5O2. The predicted octanol–water partition coefficient (Wildman–Crippen LogP) is 2.75. The largest absolute Gasteiger partial charge is 0.336 e. The summed E-state index contributed by atoms with van der Waals surface area (Å²) >= 11 is 0. The Kier molecular flexibility index (Phi) is 5.95. The molecule has 3 N–H and O–H groups in total. The summed E-state index contributed by atoms with van der Waals surface area (Å²) in [5.74, 6) is -0.137. The molecule has 0 aliphatic carbocycles. The number of hydrogen-bond donors (Lipinski definition) is 3. The Hall–Kier alpha value is -2.83. The molecule has 7 heteroatoms. The molecular weight excluding hydrogens is 306 g/mol. The summed E-state index contributed by atoms with van der Waals surface area (Å²) in [6.07, 6.45) is 3.94. The van der Waals surface area contributed by atoms with Crippen molar-refractivity contribution < 1.29 is 9.59 Å². The van der Waals surface area contributed by atoms with Crippen LogP contribution in [0.25, 0.3) is 0 Å². The monoisotopic (exact) mass is 329 g/mol. The number of nitrogens with one attached hydrogen (secondary N) is 3. The first kappa shape index (κ1) is 17.5. The fraction of sp³-hybridized carbons (Fsp3) is 0.353. The number of benzene rings is 1. The maximum Gasteiger partial charge on any atom is 0.319 e. The summed E-state index contributed by atoms with van der Waals surface area (Å²) in [5, 5.41) is 12.5. The molecule has 1 heterocycles. The van der Waals surface area contributed by atoms with E-state index in [9.17, 15) is 9.59 Å². The fourth-order valence-corrected chi connectivity index (χ4v) is 2.14. The molecule has 0 fully saturated rings. The van der Waals surface area contributed by atoms with Crippen molar-refractivity contribution in [3.05, 3.63) is 42.2 Å². The van der Waals surface area contributed by atoms with Crippen LogP contribution in [0.2, 0.25) is 0 Å². The molecule has 2 aromatic rings. The molecule has 7 nitrogen and oxygen atoms in total. The minimum atomic E-state index is -0.307. The molecule has 1 aromatic carbocycles. The van der Waals surface area contributed by atoms with Crippen molar-refractivity contribution in [2.75, 3.05) is 10.6 Å². The van der Waals surface area contributed by atoms with Crippen molar-refractivity contribution >= 4 is 23.3 Å². The number of carbonyl (C=O) groups excluding carboxylic acids is 2. The molecule has 0 bridgehead atoms. The van der Waals surface area contributed by atoms with Crippen LogP contribution in [0.15, 0.2) is 36.7 Å². The Morgan fingerprint density at radius 1 is 1.17 bits per heavy atom. The second kappa shape index (κ2) is 8.14. The highest BCUT2D eigenvalue weighted by molar-refractivity contribution is 5.99. The highest BCUT2D eigenvalue weighted by Gasteiger charge is 2.10. The number of urea groups is 1. The zero-order valence-electron chi connectivity index (χ0n) is 14.2. The third kappa shape index (κ3) is 5.42. The smallest absolute Gasteiger partial charge is 0.319 e. The van der Waals surface area contributed by atoms with Crippen LogP contribution >= 0.6 is 0 Å². The van der Waals surface area contributed by atoms with E-state index >= 15 is 0 Å². The summed E-state index contributed by atoms with van der Waals surface area (Å²) < 4.78 is 1.73. The number of nitrogens with zero attached hydrogens (tertiary/aromatic N) is 2. The minimum absolute atomic E-state index is 0.0317. The summed E-state index contributed by atoms with van der Waals surface area (Å²) in [4.78, 5) is 24.0. The van der Waals surface area contributed by atoms with E-state index in [-0.39, 0.29) is 18.0 Å². The molecule has 0 unspecified atom stereocenters. The second-order valence-electron chi connectivity index (χ2n) is 5.88. The van der Waals surface area contributed by atoms with Gasteiger partial charge in [0, 0.05) is 25.2 Å². The topological polar surface area (TPSA) is 88.1 Å². The van der Waals surface area contributed by atoms with Crippen LogP contribution in [-0.4, -0.2) is 27.8 Å². The molecule has 1 aromatic heterocycles. The lowest BCUT2D eigenvalue weighted by Gasteiger charge is -2.14. The number of aromatic nitrogens is 2. The molecule has 3 amide bonds. The third-order valence-electron chi connectivity index (χ3n) is 3.20. The zero-order chi connectivity index (χ0) is 17.5. The lowest BCUT2D eigenvalue weighted by molar-refractivity contribution is -0.116. The van der Waals surface area contributed by atoms with E-state index < -0.39 is 0 Å². The Balaban J connectivity index is 1.93. The Morgan fingerprint density at radius 2 is 1.83 bits per heavy atom. The van der Waals surface area contributed by atoms with Crippen molar-refractivity contribution in [2.24, 2.45) is 0 Å². The molecule has 0 atom stereocenters. The lowest BCUT2D eigenvalue weighted by Crippen LogP contribution is -2.34. The normalized spacial score (nSPS) is 10.5. The first-order valence-electron chi connectivity index (χ1n) is 7.89. The highest BCUT2D eigenvalue weighted by Crippen LogP contribution is 2.21. The third-order valence-corrected chi connectivity index (χ3v) is 3.20. The van der Waals surface area contributed by atoms with Gasteiger partial charge in [0.25, 0.3) is 0 Å². The quantitative estimate of drug-likeness (QED) is 0.761. The van der Waals surface area contributed by atoms with Gasteiger partial charge in [-0.05, 0) is 38.5 Å². The van der Waals surface area contributed by atoms with E-state index in [2.05, 4.69) is 21.0 Å². The van der Waals surface area contributed by atoms with E-state index in [4.69, 9.17) is 0 Å². The number of para-hydroxylation sites is 2. The van der Waals surface area contributed by atoms with Gasteiger partial charge in [-0.3, -0.25) is 9.48 Å². The maximum absolute atomic E-state index is 12.1. The van der Waals surface area contributed by atoms with Gasteiger partial charge in [-0.25, -0.2) is 4.79 Å². The van der Waals surface area contributed by atoms with E-state index in [1.807, 2.05) is 27.0 Å². The van der Waals surface area contributed by atoms with Crippen LogP contribution in [0.1, 0.15) is 25.8 Å². The van der Waals surface area contributed by atoms with Crippen molar-refractivity contribution in [3.63, 3.8) is 0 Å². The number of anilines is 2. The van der Waals surface area contributed by atoms with Gasteiger partial charge in [-0.2, -0.15) is 5.10 Å². The number of hydrogen-bond acceptors (Lipinski definition) is 3. The average molecular weight is 329 g/mol. The predicted molar refractivity (Wildman–Crippen MR) is 93.9 cm³/mol. The molecule has 0 radical (unpaired) electrons. The zero-order valence-corrected chi connectivity index (χ0v) is 14.2.